The van der Waals surface area contributed by atoms with Crippen LogP contribution in [-0.2, 0) is 6.42 Å². The van der Waals surface area contributed by atoms with Crippen molar-refractivity contribution in [3.05, 3.63) is 69.8 Å². The summed E-state index contributed by atoms with van der Waals surface area (Å²) in [5.41, 5.74) is 2.13. The van der Waals surface area contributed by atoms with Gasteiger partial charge in [0.2, 0.25) is 0 Å². The van der Waals surface area contributed by atoms with E-state index in [0.717, 1.165) is 24.9 Å². The summed E-state index contributed by atoms with van der Waals surface area (Å²) in [7, 11) is 1.59. The SMILES string of the molecule is COc1ccc([N+](=O)[O-])cc1C[C@@H]1CCCN(N)[C@@H]1c1ccccc1. The van der Waals surface area contributed by atoms with Crippen molar-refractivity contribution in [2.24, 2.45) is 11.8 Å². The number of piperidine rings is 1. The summed E-state index contributed by atoms with van der Waals surface area (Å²) in [6.07, 6.45) is 2.74. The second-order valence-corrected chi connectivity index (χ2v) is 6.45. The molecule has 0 unspecified atom stereocenters. The maximum Gasteiger partial charge on any atom is 0.269 e. The van der Waals surface area contributed by atoms with Crippen LogP contribution in [0.2, 0.25) is 0 Å². The summed E-state index contributed by atoms with van der Waals surface area (Å²) in [5, 5.41) is 13.0. The Bertz CT molecular complexity index is 736. The number of ether oxygens (including phenoxy) is 1. The Labute approximate surface area is 147 Å². The molecule has 0 aromatic heterocycles. The molecule has 6 nitrogen and oxygen atoms in total. The maximum absolute atomic E-state index is 11.1. The maximum atomic E-state index is 11.1. The molecule has 132 valence electrons. The summed E-state index contributed by atoms with van der Waals surface area (Å²) in [6, 6.07) is 15.1. The van der Waals surface area contributed by atoms with Crippen LogP contribution in [0, 0.1) is 16.0 Å². The van der Waals surface area contributed by atoms with Crippen LogP contribution in [0.1, 0.15) is 30.0 Å². The second-order valence-electron chi connectivity index (χ2n) is 6.45. The van der Waals surface area contributed by atoms with Gasteiger partial charge in [-0.3, -0.25) is 16.0 Å². The lowest BCUT2D eigenvalue weighted by Gasteiger charge is -2.39. The smallest absolute Gasteiger partial charge is 0.269 e. The van der Waals surface area contributed by atoms with E-state index in [1.807, 2.05) is 23.2 Å². The zero-order valence-electron chi connectivity index (χ0n) is 14.3. The molecule has 0 amide bonds. The van der Waals surface area contributed by atoms with Crippen LogP contribution in [-0.4, -0.2) is 23.6 Å². The van der Waals surface area contributed by atoms with Crippen molar-refractivity contribution in [2.75, 3.05) is 13.7 Å². The van der Waals surface area contributed by atoms with Crippen molar-refractivity contribution < 1.29 is 9.66 Å². The molecular weight excluding hydrogens is 318 g/mol. The minimum absolute atomic E-state index is 0.0903. The molecule has 2 N–H and O–H groups in total. The number of rotatable bonds is 5. The summed E-state index contributed by atoms with van der Waals surface area (Å²) in [4.78, 5) is 10.8. The number of non-ortho nitro benzene ring substituents is 1. The van der Waals surface area contributed by atoms with E-state index >= 15 is 0 Å². The van der Waals surface area contributed by atoms with Crippen molar-refractivity contribution in [1.82, 2.24) is 5.01 Å². The van der Waals surface area contributed by atoms with Gasteiger partial charge in [0.05, 0.1) is 18.1 Å². The topological polar surface area (TPSA) is 81.6 Å². The lowest BCUT2D eigenvalue weighted by molar-refractivity contribution is -0.384. The summed E-state index contributed by atoms with van der Waals surface area (Å²) < 4.78 is 5.42. The molecule has 25 heavy (non-hydrogen) atoms. The van der Waals surface area contributed by atoms with Gasteiger partial charge in [-0.1, -0.05) is 30.3 Å². The molecule has 0 aliphatic carbocycles. The van der Waals surface area contributed by atoms with Crippen molar-refractivity contribution in [2.45, 2.75) is 25.3 Å². The summed E-state index contributed by atoms with van der Waals surface area (Å²) in [5.74, 6) is 7.26. The zero-order valence-corrected chi connectivity index (χ0v) is 14.3. The fourth-order valence-corrected chi connectivity index (χ4v) is 3.75. The van der Waals surface area contributed by atoms with Gasteiger partial charge >= 0.3 is 0 Å². The fourth-order valence-electron chi connectivity index (χ4n) is 3.75. The molecule has 1 heterocycles. The Morgan fingerprint density at radius 2 is 2.04 bits per heavy atom. The Hall–Kier alpha value is -2.44. The van der Waals surface area contributed by atoms with Gasteiger partial charge in [0.25, 0.3) is 5.69 Å². The van der Waals surface area contributed by atoms with E-state index in [0.29, 0.717) is 12.2 Å². The van der Waals surface area contributed by atoms with Gasteiger partial charge in [-0.2, -0.15) is 0 Å². The van der Waals surface area contributed by atoms with Crippen LogP contribution in [0.15, 0.2) is 48.5 Å². The summed E-state index contributed by atoms with van der Waals surface area (Å²) in [6.45, 7) is 0.849. The number of methoxy groups -OCH3 is 1. The molecule has 0 bridgehead atoms. The van der Waals surface area contributed by atoms with E-state index in [-0.39, 0.29) is 22.6 Å². The Balaban J connectivity index is 1.92. The van der Waals surface area contributed by atoms with E-state index < -0.39 is 0 Å². The van der Waals surface area contributed by atoms with Crippen LogP contribution in [0.25, 0.3) is 0 Å². The molecule has 1 fully saturated rings. The largest absolute Gasteiger partial charge is 0.496 e. The molecule has 1 aliphatic rings. The normalized spacial score (nSPS) is 21.0. The molecule has 3 rings (SSSR count). The molecule has 2 aromatic rings. The van der Waals surface area contributed by atoms with E-state index in [1.165, 1.54) is 11.6 Å². The van der Waals surface area contributed by atoms with Crippen LogP contribution in [0.4, 0.5) is 5.69 Å². The predicted molar refractivity (Wildman–Crippen MR) is 96.2 cm³/mol. The number of nitro groups is 1. The summed E-state index contributed by atoms with van der Waals surface area (Å²) >= 11 is 0. The molecule has 2 atom stereocenters. The Morgan fingerprint density at radius 1 is 1.28 bits per heavy atom. The van der Waals surface area contributed by atoms with Crippen LogP contribution >= 0.6 is 0 Å². The molecule has 2 aromatic carbocycles. The van der Waals surface area contributed by atoms with Crippen LogP contribution in [0.3, 0.4) is 0 Å². The van der Waals surface area contributed by atoms with Gasteiger partial charge in [-0.05, 0) is 36.8 Å². The highest BCUT2D eigenvalue weighted by Gasteiger charge is 2.32. The van der Waals surface area contributed by atoms with Crippen molar-refractivity contribution in [1.29, 1.82) is 0 Å². The molecule has 0 spiro atoms. The van der Waals surface area contributed by atoms with Gasteiger partial charge in [-0.25, -0.2) is 5.01 Å². The van der Waals surface area contributed by atoms with Gasteiger partial charge in [0.1, 0.15) is 5.75 Å². The van der Waals surface area contributed by atoms with Crippen molar-refractivity contribution >= 4 is 5.69 Å². The number of hydrazine groups is 1. The van der Waals surface area contributed by atoms with Gasteiger partial charge in [0.15, 0.2) is 0 Å². The zero-order chi connectivity index (χ0) is 17.8. The third kappa shape index (κ3) is 3.81. The molecule has 6 heteroatoms. The third-order valence-corrected chi connectivity index (χ3v) is 4.89. The van der Waals surface area contributed by atoms with Crippen LogP contribution < -0.4 is 10.6 Å². The highest BCUT2D eigenvalue weighted by molar-refractivity contribution is 5.44. The average molecular weight is 341 g/mol. The molecule has 0 radical (unpaired) electrons. The molecular formula is C19H23N3O3. The highest BCUT2D eigenvalue weighted by atomic mass is 16.6. The molecule has 1 saturated heterocycles. The first-order chi connectivity index (χ1) is 12.1. The number of nitro benzene ring substituents is 1. The predicted octanol–water partition coefficient (Wildman–Crippen LogP) is 3.47. The quantitative estimate of drug-likeness (QED) is 0.511. The number of hydrogen-bond donors (Lipinski definition) is 1. The molecule has 1 aliphatic heterocycles. The first kappa shape index (κ1) is 17.4. The van der Waals surface area contributed by atoms with E-state index in [2.05, 4.69) is 12.1 Å². The molecule has 0 saturated carbocycles. The van der Waals surface area contributed by atoms with Gasteiger partial charge in [0, 0.05) is 24.2 Å². The van der Waals surface area contributed by atoms with Crippen molar-refractivity contribution in [3.8, 4) is 5.75 Å². The minimum Gasteiger partial charge on any atom is -0.496 e. The van der Waals surface area contributed by atoms with E-state index in [9.17, 15) is 10.1 Å². The minimum atomic E-state index is -0.367. The van der Waals surface area contributed by atoms with Gasteiger partial charge < -0.3 is 4.74 Å². The highest BCUT2D eigenvalue weighted by Crippen LogP contribution is 2.38. The standard InChI is InChI=1S/C19H23N3O3/c1-25-18-10-9-17(22(23)24)13-16(18)12-15-8-5-11-21(20)19(15)14-6-3-2-4-7-14/h2-4,6-7,9-10,13,15,19H,5,8,11-12,20H2,1H3/t15-,19+/m0/s1. The number of hydrogen-bond acceptors (Lipinski definition) is 5. The average Bonchev–Trinajstić information content (AvgIpc) is 2.62. The Morgan fingerprint density at radius 3 is 2.72 bits per heavy atom. The van der Waals surface area contributed by atoms with Crippen LogP contribution in [0.5, 0.6) is 5.75 Å². The van der Waals surface area contributed by atoms with E-state index in [4.69, 9.17) is 10.6 Å². The lowest BCUT2D eigenvalue weighted by atomic mass is 9.81. The number of nitrogens with zero attached hydrogens (tertiary/aromatic N) is 2. The third-order valence-electron chi connectivity index (χ3n) is 4.89. The monoisotopic (exact) mass is 341 g/mol. The number of nitrogens with two attached hydrogens (primary N) is 1. The Kier molecular flexibility index (Phi) is 5.31. The second kappa shape index (κ2) is 7.63. The first-order valence-corrected chi connectivity index (χ1v) is 8.47. The van der Waals surface area contributed by atoms with Gasteiger partial charge in [-0.15, -0.1) is 0 Å². The fraction of sp³-hybridized carbons (Fsp3) is 0.368. The lowest BCUT2D eigenvalue weighted by Crippen LogP contribution is -2.44. The first-order valence-electron chi connectivity index (χ1n) is 8.47. The van der Waals surface area contributed by atoms with Crippen molar-refractivity contribution in [3.63, 3.8) is 0 Å². The number of benzene rings is 2. The van der Waals surface area contributed by atoms with E-state index in [1.54, 1.807) is 19.2 Å².